The fraction of sp³-hybridized carbons (Fsp3) is 0.357. The van der Waals surface area contributed by atoms with Crippen LogP contribution >= 0.6 is 0 Å². The first kappa shape index (κ1) is 15.7. The van der Waals surface area contributed by atoms with Crippen molar-refractivity contribution < 1.29 is 19.1 Å². The van der Waals surface area contributed by atoms with E-state index in [9.17, 15) is 14.4 Å². The van der Waals surface area contributed by atoms with Crippen LogP contribution in [0.4, 0.5) is 4.79 Å². The minimum absolute atomic E-state index is 0.0433. The Morgan fingerprint density at radius 2 is 1.75 bits per heavy atom. The minimum Gasteiger partial charge on any atom is -0.468 e. The molecule has 2 amide bonds. The molecule has 0 aliphatic rings. The molecule has 0 aliphatic heterocycles. The summed E-state index contributed by atoms with van der Waals surface area (Å²) in [5.41, 5.74) is 1.70. The number of esters is 1. The summed E-state index contributed by atoms with van der Waals surface area (Å²) >= 11 is 0. The molecule has 1 rings (SSSR count). The highest BCUT2D eigenvalue weighted by Gasteiger charge is 2.07. The molecule has 6 heteroatoms. The molecule has 0 aromatic heterocycles. The number of ether oxygens (including phenoxy) is 1. The Morgan fingerprint density at radius 1 is 1.10 bits per heavy atom. The lowest BCUT2D eigenvalue weighted by atomic mass is 10.1. The third-order valence-corrected chi connectivity index (χ3v) is 2.63. The Labute approximate surface area is 117 Å². The molecular weight excluding hydrogens is 260 g/mol. The van der Waals surface area contributed by atoms with Gasteiger partial charge in [-0.25, -0.2) is 4.79 Å². The Balaban J connectivity index is 2.26. The second kappa shape index (κ2) is 7.93. The van der Waals surface area contributed by atoms with Crippen molar-refractivity contribution in [2.75, 3.05) is 20.2 Å². The molecule has 0 spiro atoms. The van der Waals surface area contributed by atoms with Crippen LogP contribution in [0.3, 0.4) is 0 Å². The molecule has 108 valence electrons. The third kappa shape index (κ3) is 5.51. The SMILES string of the molecule is COC(=O)CNC(=O)NCCC(=O)c1ccc(C)cc1. The number of carbonyl (C=O) groups is 3. The second-order valence-electron chi connectivity index (χ2n) is 4.22. The van der Waals surface area contributed by atoms with Gasteiger partial charge in [-0.15, -0.1) is 0 Å². The van der Waals surface area contributed by atoms with E-state index in [0.717, 1.165) is 5.56 Å². The third-order valence-electron chi connectivity index (χ3n) is 2.63. The molecule has 0 saturated heterocycles. The van der Waals surface area contributed by atoms with Crippen LogP contribution in [-0.4, -0.2) is 38.0 Å². The minimum atomic E-state index is -0.532. The van der Waals surface area contributed by atoms with Crippen molar-refractivity contribution in [2.45, 2.75) is 13.3 Å². The second-order valence-corrected chi connectivity index (χ2v) is 4.22. The molecule has 1 aromatic carbocycles. The van der Waals surface area contributed by atoms with Gasteiger partial charge in [-0.1, -0.05) is 29.8 Å². The average molecular weight is 278 g/mol. The lowest BCUT2D eigenvalue weighted by Gasteiger charge is -2.06. The summed E-state index contributed by atoms with van der Waals surface area (Å²) in [5, 5.41) is 4.81. The maximum atomic E-state index is 11.8. The van der Waals surface area contributed by atoms with Crippen LogP contribution in [0, 0.1) is 6.92 Å². The number of nitrogens with one attached hydrogen (secondary N) is 2. The van der Waals surface area contributed by atoms with Gasteiger partial charge in [0, 0.05) is 18.5 Å². The van der Waals surface area contributed by atoms with Gasteiger partial charge in [0.2, 0.25) is 0 Å². The predicted molar refractivity (Wildman–Crippen MR) is 73.5 cm³/mol. The van der Waals surface area contributed by atoms with Crippen LogP contribution in [0.1, 0.15) is 22.3 Å². The quantitative estimate of drug-likeness (QED) is 0.601. The molecule has 0 heterocycles. The number of hydrogen-bond donors (Lipinski definition) is 2. The topological polar surface area (TPSA) is 84.5 Å². The number of urea groups is 1. The predicted octanol–water partition coefficient (Wildman–Crippen LogP) is 1.04. The van der Waals surface area contributed by atoms with E-state index in [0.29, 0.717) is 5.56 Å². The van der Waals surface area contributed by atoms with E-state index in [-0.39, 0.29) is 25.3 Å². The first-order chi connectivity index (χ1) is 9.52. The van der Waals surface area contributed by atoms with Crippen LogP contribution in [0.15, 0.2) is 24.3 Å². The van der Waals surface area contributed by atoms with E-state index >= 15 is 0 Å². The molecule has 1 aromatic rings. The van der Waals surface area contributed by atoms with Crippen LogP contribution in [-0.2, 0) is 9.53 Å². The van der Waals surface area contributed by atoms with Gasteiger partial charge >= 0.3 is 12.0 Å². The van der Waals surface area contributed by atoms with Gasteiger partial charge in [-0.05, 0) is 6.92 Å². The molecule has 0 bridgehead atoms. The number of amides is 2. The zero-order valence-corrected chi connectivity index (χ0v) is 11.6. The highest BCUT2D eigenvalue weighted by molar-refractivity contribution is 5.96. The van der Waals surface area contributed by atoms with Crippen molar-refractivity contribution in [2.24, 2.45) is 0 Å². The van der Waals surface area contributed by atoms with Gasteiger partial charge in [0.05, 0.1) is 7.11 Å². The van der Waals surface area contributed by atoms with Crippen LogP contribution in [0.2, 0.25) is 0 Å². The Hall–Kier alpha value is -2.37. The normalized spacial score (nSPS) is 9.70. The van der Waals surface area contributed by atoms with E-state index in [1.165, 1.54) is 7.11 Å². The fourth-order valence-electron chi connectivity index (χ4n) is 1.46. The van der Waals surface area contributed by atoms with Crippen molar-refractivity contribution in [1.29, 1.82) is 0 Å². The fourth-order valence-corrected chi connectivity index (χ4v) is 1.46. The summed E-state index contributed by atoms with van der Waals surface area (Å²) in [6.07, 6.45) is 0.203. The van der Waals surface area contributed by atoms with Crippen molar-refractivity contribution >= 4 is 17.8 Å². The van der Waals surface area contributed by atoms with Crippen molar-refractivity contribution in [3.05, 3.63) is 35.4 Å². The van der Waals surface area contributed by atoms with Crippen LogP contribution < -0.4 is 10.6 Å². The first-order valence-corrected chi connectivity index (χ1v) is 6.21. The molecule has 0 fully saturated rings. The van der Waals surface area contributed by atoms with Crippen molar-refractivity contribution in [3.8, 4) is 0 Å². The standard InChI is InChI=1S/C14H18N2O4/c1-10-3-5-11(6-4-10)12(17)7-8-15-14(19)16-9-13(18)20-2/h3-6H,7-9H2,1-2H3,(H2,15,16,19). The summed E-state index contributed by atoms with van der Waals surface area (Å²) in [4.78, 5) is 33.9. The maximum Gasteiger partial charge on any atom is 0.325 e. The Bertz CT molecular complexity index is 482. The Kier molecular flexibility index (Phi) is 6.22. The van der Waals surface area contributed by atoms with E-state index in [1.807, 2.05) is 19.1 Å². The zero-order chi connectivity index (χ0) is 15.0. The van der Waals surface area contributed by atoms with E-state index in [2.05, 4.69) is 15.4 Å². The molecule has 0 aliphatic carbocycles. The van der Waals surface area contributed by atoms with E-state index in [4.69, 9.17) is 0 Å². The summed E-state index contributed by atoms with van der Waals surface area (Å²) in [6.45, 7) is 1.95. The van der Waals surface area contributed by atoms with Gasteiger partial charge in [-0.2, -0.15) is 0 Å². The van der Waals surface area contributed by atoms with Gasteiger partial charge < -0.3 is 15.4 Å². The number of carbonyl (C=O) groups excluding carboxylic acids is 3. The lowest BCUT2D eigenvalue weighted by Crippen LogP contribution is -2.39. The maximum absolute atomic E-state index is 11.8. The number of benzene rings is 1. The first-order valence-electron chi connectivity index (χ1n) is 6.21. The molecule has 20 heavy (non-hydrogen) atoms. The highest BCUT2D eigenvalue weighted by atomic mass is 16.5. The number of methoxy groups -OCH3 is 1. The number of rotatable bonds is 6. The molecule has 2 N–H and O–H groups in total. The molecule has 0 radical (unpaired) electrons. The molecular formula is C14H18N2O4. The molecule has 0 atom stereocenters. The van der Waals surface area contributed by atoms with E-state index in [1.54, 1.807) is 12.1 Å². The number of hydrogen-bond acceptors (Lipinski definition) is 4. The van der Waals surface area contributed by atoms with Gasteiger partial charge in [0.25, 0.3) is 0 Å². The summed E-state index contributed by atoms with van der Waals surface area (Å²) in [5.74, 6) is -0.575. The molecule has 0 unspecified atom stereocenters. The summed E-state index contributed by atoms with van der Waals surface area (Å²) in [7, 11) is 1.24. The number of aryl methyl sites for hydroxylation is 1. The van der Waals surface area contributed by atoms with Crippen molar-refractivity contribution in [1.82, 2.24) is 10.6 Å². The number of ketones is 1. The summed E-state index contributed by atoms with van der Waals surface area (Å²) < 4.78 is 4.38. The smallest absolute Gasteiger partial charge is 0.325 e. The van der Waals surface area contributed by atoms with E-state index < -0.39 is 12.0 Å². The monoisotopic (exact) mass is 278 g/mol. The zero-order valence-electron chi connectivity index (χ0n) is 11.6. The van der Waals surface area contributed by atoms with Gasteiger partial charge in [-0.3, -0.25) is 9.59 Å². The van der Waals surface area contributed by atoms with Gasteiger partial charge in [0.1, 0.15) is 6.54 Å². The van der Waals surface area contributed by atoms with Crippen LogP contribution in [0.5, 0.6) is 0 Å². The molecule has 6 nitrogen and oxygen atoms in total. The van der Waals surface area contributed by atoms with Crippen molar-refractivity contribution in [3.63, 3.8) is 0 Å². The lowest BCUT2D eigenvalue weighted by molar-refractivity contribution is -0.139. The average Bonchev–Trinajstić information content (AvgIpc) is 2.45. The Morgan fingerprint density at radius 3 is 2.35 bits per heavy atom. The molecule has 0 saturated carbocycles. The highest BCUT2D eigenvalue weighted by Crippen LogP contribution is 2.05. The van der Waals surface area contributed by atoms with Gasteiger partial charge in [0.15, 0.2) is 5.78 Å². The number of Topliss-reactive ketones (excluding diaryl/α,β-unsaturated/α-hetero) is 1. The van der Waals surface area contributed by atoms with Crippen LogP contribution in [0.25, 0.3) is 0 Å². The summed E-state index contributed by atoms with van der Waals surface area (Å²) in [6, 6.07) is 6.74. The largest absolute Gasteiger partial charge is 0.468 e.